The molecule has 0 aromatic carbocycles. The first-order valence-corrected chi connectivity index (χ1v) is 7.35. The third-order valence-electron chi connectivity index (χ3n) is 1.32. The molecule has 0 saturated heterocycles. The van der Waals surface area contributed by atoms with Crippen molar-refractivity contribution in [3.63, 3.8) is 0 Å². The van der Waals surface area contributed by atoms with E-state index in [0.29, 0.717) is 0 Å². The maximum absolute atomic E-state index is 4.04. The summed E-state index contributed by atoms with van der Waals surface area (Å²) in [6, 6.07) is 0. The maximum atomic E-state index is 4.04. The molecule has 11 heavy (non-hydrogen) atoms. The topological polar surface area (TPSA) is 0 Å². The van der Waals surface area contributed by atoms with Gasteiger partial charge >= 0.3 is 0 Å². The van der Waals surface area contributed by atoms with E-state index >= 15 is 0 Å². The van der Waals surface area contributed by atoms with Gasteiger partial charge in [-0.25, -0.2) is 0 Å². The second kappa shape index (κ2) is 11.1. The Kier molecular flexibility index (Phi) is 12.1. The van der Waals surface area contributed by atoms with E-state index in [4.69, 9.17) is 0 Å². The molecule has 0 spiro atoms. The maximum Gasteiger partial charge on any atom is 0.00478 e. The molecular formula is C8H16S3. The minimum Gasteiger partial charge on any atom is -0.0997 e. The van der Waals surface area contributed by atoms with Crippen LogP contribution in [0.5, 0.6) is 0 Å². The molecule has 0 aliphatic heterocycles. The summed E-state index contributed by atoms with van der Waals surface area (Å²) in [5, 5.41) is 0. The summed E-state index contributed by atoms with van der Waals surface area (Å²) in [6.45, 7) is 2.19. The average Bonchev–Trinajstić information content (AvgIpc) is 2.03. The molecule has 2 radical (unpaired) electrons. The van der Waals surface area contributed by atoms with Gasteiger partial charge in [0.2, 0.25) is 0 Å². The molecule has 3 heteroatoms. The second-order valence-corrected chi connectivity index (χ2v) is 5.54. The number of thiol groups is 1. The van der Waals surface area contributed by atoms with E-state index in [1.54, 1.807) is 9.83 Å². The molecule has 0 aromatic heterocycles. The predicted octanol–water partition coefficient (Wildman–Crippen LogP) is 4.20. The highest BCUT2D eigenvalue weighted by atomic mass is 33.5. The quantitative estimate of drug-likeness (QED) is 0.361. The fourth-order valence-corrected chi connectivity index (χ4v) is 2.27. The molecule has 0 saturated carbocycles. The first kappa shape index (κ1) is 12.0. The lowest BCUT2D eigenvalue weighted by molar-refractivity contribution is 0.833. The van der Waals surface area contributed by atoms with E-state index in [9.17, 15) is 0 Å². The Balaban J connectivity index is 2.69. The normalized spacial score (nSPS) is 10.4. The Labute approximate surface area is 83.5 Å². The molecule has 0 heterocycles. The summed E-state index contributed by atoms with van der Waals surface area (Å²) in [7, 11) is 3.36. The fourth-order valence-electron chi connectivity index (χ4n) is 0.753. The lowest BCUT2D eigenvalue weighted by atomic mass is 10.1. The van der Waals surface area contributed by atoms with Gasteiger partial charge in [-0.1, -0.05) is 35.8 Å². The van der Waals surface area contributed by atoms with Gasteiger partial charge in [-0.2, -0.15) is 0 Å². The zero-order valence-electron chi connectivity index (χ0n) is 6.95. The summed E-state index contributed by atoms with van der Waals surface area (Å²) >= 11 is 4.04. The van der Waals surface area contributed by atoms with Gasteiger partial charge in [-0.05, 0) is 41.9 Å². The molecule has 0 unspecified atom stereocenters. The van der Waals surface area contributed by atoms with Gasteiger partial charge in [0.15, 0.2) is 0 Å². The first-order valence-electron chi connectivity index (χ1n) is 3.98. The number of hydrogen-bond donors (Lipinski definition) is 1. The van der Waals surface area contributed by atoms with E-state index < -0.39 is 0 Å². The van der Waals surface area contributed by atoms with Crippen molar-refractivity contribution >= 4 is 32.3 Å². The van der Waals surface area contributed by atoms with Crippen LogP contribution >= 0.6 is 32.3 Å². The Morgan fingerprint density at radius 1 is 1.18 bits per heavy atom. The zero-order chi connectivity index (χ0) is 8.36. The van der Waals surface area contributed by atoms with Gasteiger partial charge in [0.05, 0.1) is 0 Å². The van der Waals surface area contributed by atoms with Crippen LogP contribution < -0.4 is 0 Å². The summed E-state index contributed by atoms with van der Waals surface area (Å²) in [4.78, 5) is 0. The van der Waals surface area contributed by atoms with Crippen LogP contribution in [-0.4, -0.2) is 5.75 Å². The van der Waals surface area contributed by atoms with Crippen LogP contribution in [0.4, 0.5) is 0 Å². The minimum absolute atomic E-state index is 1.19. The first-order chi connectivity index (χ1) is 5.41. The molecule has 0 aromatic rings. The Bertz CT molecular complexity index is 58.4. The molecule has 0 fully saturated rings. The van der Waals surface area contributed by atoms with Crippen molar-refractivity contribution in [2.75, 3.05) is 5.75 Å². The highest BCUT2D eigenvalue weighted by Gasteiger charge is 1.90. The van der Waals surface area contributed by atoms with Crippen molar-refractivity contribution < 1.29 is 0 Å². The van der Waals surface area contributed by atoms with E-state index in [1.165, 1.54) is 31.4 Å². The third-order valence-corrected chi connectivity index (χ3v) is 3.59. The van der Waals surface area contributed by atoms with Gasteiger partial charge in [0, 0.05) is 5.75 Å². The van der Waals surface area contributed by atoms with Gasteiger partial charge in [-0.3, -0.25) is 0 Å². The highest BCUT2D eigenvalue weighted by Crippen LogP contribution is 2.25. The summed E-state index contributed by atoms with van der Waals surface area (Å²) in [6.07, 6.45) is 9.60. The molecule has 66 valence electrons. The molecule has 0 amide bonds. The molecular weight excluding hydrogens is 192 g/mol. The number of hydrogen-bond acceptors (Lipinski definition) is 3. The molecule has 0 N–H and O–H groups in total. The van der Waals surface area contributed by atoms with E-state index in [2.05, 4.69) is 31.4 Å². The van der Waals surface area contributed by atoms with E-state index in [0.717, 1.165) is 0 Å². The minimum atomic E-state index is 1.19. The summed E-state index contributed by atoms with van der Waals surface area (Å²) < 4.78 is 0. The van der Waals surface area contributed by atoms with E-state index in [1.807, 2.05) is 10.8 Å². The highest BCUT2D eigenvalue weighted by molar-refractivity contribution is 9.05. The standard InChI is InChI=1S/C8H16S3/c1-2-3-4-5-6-7-8-10-11-9/h3,6,9H,2,4-5,7-8H2,1H3. The lowest BCUT2D eigenvalue weighted by Gasteiger charge is -1.97. The zero-order valence-corrected chi connectivity index (χ0v) is 9.48. The van der Waals surface area contributed by atoms with Crippen molar-refractivity contribution in [1.29, 1.82) is 0 Å². The monoisotopic (exact) mass is 208 g/mol. The number of rotatable bonds is 8. The van der Waals surface area contributed by atoms with Crippen LogP contribution in [0.15, 0.2) is 0 Å². The van der Waals surface area contributed by atoms with Crippen molar-refractivity contribution in [2.24, 2.45) is 0 Å². The summed E-state index contributed by atoms with van der Waals surface area (Å²) in [5.74, 6) is 1.19. The molecule has 0 nitrogen and oxygen atoms in total. The van der Waals surface area contributed by atoms with Gasteiger partial charge in [0.1, 0.15) is 0 Å². The second-order valence-electron chi connectivity index (χ2n) is 2.25. The van der Waals surface area contributed by atoms with Crippen LogP contribution in [0, 0.1) is 12.8 Å². The fraction of sp³-hybridized carbons (Fsp3) is 0.750. The SMILES string of the molecule is CC[CH]CC[CH]CCSSS. The van der Waals surface area contributed by atoms with Gasteiger partial charge in [0.25, 0.3) is 0 Å². The van der Waals surface area contributed by atoms with Crippen LogP contribution in [0.25, 0.3) is 0 Å². The van der Waals surface area contributed by atoms with Gasteiger partial charge in [-0.15, -0.1) is 0 Å². The van der Waals surface area contributed by atoms with Crippen molar-refractivity contribution in [2.45, 2.75) is 32.6 Å². The smallest absolute Gasteiger partial charge is 0.00478 e. The van der Waals surface area contributed by atoms with Crippen molar-refractivity contribution in [3.8, 4) is 0 Å². The summed E-state index contributed by atoms with van der Waals surface area (Å²) in [5.41, 5.74) is 0. The molecule has 0 aliphatic carbocycles. The van der Waals surface area contributed by atoms with Crippen molar-refractivity contribution in [1.82, 2.24) is 0 Å². The van der Waals surface area contributed by atoms with Crippen LogP contribution in [0.3, 0.4) is 0 Å². The molecule has 0 rings (SSSR count). The Hall–Kier alpha value is 1.05. The largest absolute Gasteiger partial charge is 0.0997 e. The van der Waals surface area contributed by atoms with Crippen molar-refractivity contribution in [3.05, 3.63) is 12.8 Å². The third kappa shape index (κ3) is 11.0. The average molecular weight is 208 g/mol. The predicted molar refractivity (Wildman–Crippen MR) is 61.8 cm³/mol. The Morgan fingerprint density at radius 3 is 2.55 bits per heavy atom. The van der Waals surface area contributed by atoms with Gasteiger partial charge < -0.3 is 0 Å². The lowest BCUT2D eigenvalue weighted by Crippen LogP contribution is -1.81. The number of unbranched alkanes of at least 4 members (excludes halogenated alkanes) is 5. The van der Waals surface area contributed by atoms with Crippen LogP contribution in [-0.2, 0) is 0 Å². The van der Waals surface area contributed by atoms with Crippen LogP contribution in [0.2, 0.25) is 0 Å². The molecule has 0 aliphatic rings. The molecule has 0 atom stereocenters. The molecule has 0 bridgehead atoms. The van der Waals surface area contributed by atoms with E-state index in [-0.39, 0.29) is 0 Å². The van der Waals surface area contributed by atoms with Crippen LogP contribution in [0.1, 0.15) is 32.6 Å². The Morgan fingerprint density at radius 2 is 1.91 bits per heavy atom.